The highest BCUT2D eigenvalue weighted by Crippen LogP contribution is 2.42. The Morgan fingerprint density at radius 1 is 1.53 bits per heavy atom. The van der Waals surface area contributed by atoms with Gasteiger partial charge in [-0.25, -0.2) is 4.39 Å². The molecule has 0 saturated heterocycles. The van der Waals surface area contributed by atoms with Crippen LogP contribution in [0.15, 0.2) is 10.5 Å². The molecule has 1 aromatic carbocycles. The Labute approximate surface area is 107 Å². The molecule has 1 aromatic rings. The van der Waals surface area contributed by atoms with Crippen LogP contribution in [0, 0.1) is 5.82 Å². The molecule has 0 radical (unpaired) electrons. The van der Waals surface area contributed by atoms with Gasteiger partial charge in [0.25, 0.3) is 0 Å². The largest absolute Gasteiger partial charge is 0.486 e. The molecule has 2 N–H and O–H groups in total. The summed E-state index contributed by atoms with van der Waals surface area (Å²) in [4.78, 5) is 0. The molecule has 1 heterocycles. The summed E-state index contributed by atoms with van der Waals surface area (Å²) in [6.45, 7) is 1.02. The summed E-state index contributed by atoms with van der Waals surface area (Å²) in [5.74, 6) is 0.228. The summed E-state index contributed by atoms with van der Waals surface area (Å²) in [6, 6.07) is 1.51. The van der Waals surface area contributed by atoms with Crippen molar-refractivity contribution in [3.8, 4) is 11.5 Å². The molecule has 0 bridgehead atoms. The minimum absolute atomic E-state index is 0.128. The zero-order valence-electron chi connectivity index (χ0n) is 9.30. The first kappa shape index (κ1) is 12.6. The molecule has 1 aliphatic heterocycles. The smallest absolute Gasteiger partial charge is 0.170 e. The van der Waals surface area contributed by atoms with Crippen LogP contribution >= 0.6 is 15.9 Å². The minimum atomic E-state index is -0.979. The van der Waals surface area contributed by atoms with Crippen molar-refractivity contribution in [2.75, 3.05) is 26.8 Å². The SMILES string of the molecule is CNCC(O)c1c(F)c(Br)cc2c1OCCO2. The van der Waals surface area contributed by atoms with E-state index in [1.165, 1.54) is 6.07 Å². The number of rotatable bonds is 3. The molecule has 6 heteroatoms. The van der Waals surface area contributed by atoms with Gasteiger partial charge in [-0.1, -0.05) is 0 Å². The lowest BCUT2D eigenvalue weighted by molar-refractivity contribution is 0.141. The summed E-state index contributed by atoms with van der Waals surface area (Å²) in [6.07, 6.45) is -0.979. The van der Waals surface area contributed by atoms with Crippen LogP contribution in [0.1, 0.15) is 11.7 Å². The van der Waals surface area contributed by atoms with Crippen molar-refractivity contribution in [2.24, 2.45) is 0 Å². The van der Waals surface area contributed by atoms with Crippen molar-refractivity contribution in [1.82, 2.24) is 5.32 Å². The summed E-state index contributed by atoms with van der Waals surface area (Å²) < 4.78 is 25.0. The van der Waals surface area contributed by atoms with E-state index in [-0.39, 0.29) is 16.6 Å². The predicted molar refractivity (Wildman–Crippen MR) is 64.0 cm³/mol. The molecule has 0 fully saturated rings. The van der Waals surface area contributed by atoms with E-state index < -0.39 is 11.9 Å². The van der Waals surface area contributed by atoms with E-state index >= 15 is 0 Å². The van der Waals surface area contributed by atoms with Crippen molar-refractivity contribution >= 4 is 15.9 Å². The molecule has 4 nitrogen and oxygen atoms in total. The lowest BCUT2D eigenvalue weighted by Gasteiger charge is -2.24. The molecule has 0 spiro atoms. The first-order valence-electron chi connectivity index (χ1n) is 5.25. The third-order valence-electron chi connectivity index (χ3n) is 2.49. The first-order chi connectivity index (χ1) is 8.15. The average Bonchev–Trinajstić information content (AvgIpc) is 2.31. The zero-order chi connectivity index (χ0) is 12.4. The summed E-state index contributed by atoms with van der Waals surface area (Å²) >= 11 is 3.10. The van der Waals surface area contributed by atoms with Crippen molar-refractivity contribution in [3.63, 3.8) is 0 Å². The molecule has 2 rings (SSSR count). The van der Waals surface area contributed by atoms with Gasteiger partial charge in [0.2, 0.25) is 0 Å². The van der Waals surface area contributed by atoms with Crippen LogP contribution in [0.25, 0.3) is 0 Å². The Kier molecular flexibility index (Phi) is 3.86. The van der Waals surface area contributed by atoms with E-state index in [4.69, 9.17) is 9.47 Å². The van der Waals surface area contributed by atoms with Gasteiger partial charge in [-0.05, 0) is 23.0 Å². The molecule has 0 aromatic heterocycles. The van der Waals surface area contributed by atoms with Crippen LogP contribution in [0.2, 0.25) is 0 Å². The molecule has 0 aliphatic carbocycles. The molecule has 1 unspecified atom stereocenters. The maximum Gasteiger partial charge on any atom is 0.170 e. The third kappa shape index (κ3) is 2.38. The molecule has 17 heavy (non-hydrogen) atoms. The Bertz CT molecular complexity index is 428. The number of aliphatic hydroxyl groups is 1. The van der Waals surface area contributed by atoms with E-state index in [2.05, 4.69) is 21.2 Å². The number of fused-ring (bicyclic) bond motifs is 1. The van der Waals surface area contributed by atoms with E-state index in [1.54, 1.807) is 7.05 Å². The highest BCUT2D eigenvalue weighted by molar-refractivity contribution is 9.10. The van der Waals surface area contributed by atoms with E-state index in [1.807, 2.05) is 0 Å². The Balaban J connectivity index is 2.50. The number of ether oxygens (including phenoxy) is 2. The van der Waals surface area contributed by atoms with Crippen LogP contribution in [-0.4, -0.2) is 31.9 Å². The average molecular weight is 306 g/mol. The fraction of sp³-hybridized carbons (Fsp3) is 0.455. The second-order valence-corrected chi connectivity index (χ2v) is 4.54. The van der Waals surface area contributed by atoms with Gasteiger partial charge in [0.1, 0.15) is 19.0 Å². The fourth-order valence-corrected chi connectivity index (χ4v) is 2.17. The molecule has 1 aliphatic rings. The predicted octanol–water partition coefficient (Wildman–Crippen LogP) is 1.61. The highest BCUT2D eigenvalue weighted by atomic mass is 79.9. The number of nitrogens with one attached hydrogen (secondary N) is 1. The quantitative estimate of drug-likeness (QED) is 0.891. The van der Waals surface area contributed by atoms with E-state index in [9.17, 15) is 9.50 Å². The lowest BCUT2D eigenvalue weighted by Crippen LogP contribution is -2.22. The van der Waals surface area contributed by atoms with Gasteiger partial charge in [0, 0.05) is 12.6 Å². The van der Waals surface area contributed by atoms with Crippen molar-refractivity contribution < 1.29 is 19.0 Å². The number of benzene rings is 1. The number of hydrogen-bond donors (Lipinski definition) is 2. The van der Waals surface area contributed by atoms with Crippen molar-refractivity contribution in [2.45, 2.75) is 6.10 Å². The Morgan fingerprint density at radius 2 is 2.24 bits per heavy atom. The molecule has 0 amide bonds. The molecular formula is C11H13BrFNO3. The van der Waals surface area contributed by atoms with Gasteiger partial charge in [-0.3, -0.25) is 0 Å². The lowest BCUT2D eigenvalue weighted by atomic mass is 10.1. The van der Waals surface area contributed by atoms with Crippen molar-refractivity contribution in [3.05, 3.63) is 21.9 Å². The van der Waals surface area contributed by atoms with Gasteiger partial charge >= 0.3 is 0 Å². The van der Waals surface area contributed by atoms with Crippen LogP contribution in [0.4, 0.5) is 4.39 Å². The maximum absolute atomic E-state index is 14.0. The number of halogens is 2. The summed E-state index contributed by atoms with van der Waals surface area (Å²) in [5, 5.41) is 12.7. The van der Waals surface area contributed by atoms with Crippen LogP contribution in [0.5, 0.6) is 11.5 Å². The third-order valence-corrected chi connectivity index (χ3v) is 3.07. The van der Waals surface area contributed by atoms with E-state index in [0.717, 1.165) is 0 Å². The van der Waals surface area contributed by atoms with Gasteiger partial charge in [-0.2, -0.15) is 0 Å². The number of aliphatic hydroxyl groups excluding tert-OH is 1. The molecular weight excluding hydrogens is 293 g/mol. The van der Waals surface area contributed by atoms with Gasteiger partial charge in [0.15, 0.2) is 11.5 Å². The van der Waals surface area contributed by atoms with Crippen LogP contribution in [0.3, 0.4) is 0 Å². The molecule has 0 saturated carbocycles. The Hall–Kier alpha value is -0.850. The maximum atomic E-state index is 14.0. The van der Waals surface area contributed by atoms with Gasteiger partial charge < -0.3 is 19.9 Å². The summed E-state index contributed by atoms with van der Waals surface area (Å²) in [7, 11) is 1.68. The normalized spacial score (nSPS) is 15.8. The zero-order valence-corrected chi connectivity index (χ0v) is 10.9. The Morgan fingerprint density at radius 3 is 2.94 bits per heavy atom. The van der Waals surface area contributed by atoms with Gasteiger partial charge in [0.05, 0.1) is 16.1 Å². The molecule has 1 atom stereocenters. The minimum Gasteiger partial charge on any atom is -0.486 e. The fourth-order valence-electron chi connectivity index (χ4n) is 1.75. The highest BCUT2D eigenvalue weighted by Gasteiger charge is 2.26. The second-order valence-electron chi connectivity index (χ2n) is 3.68. The number of hydrogen-bond acceptors (Lipinski definition) is 4. The van der Waals surface area contributed by atoms with E-state index in [0.29, 0.717) is 24.7 Å². The monoisotopic (exact) mass is 305 g/mol. The molecule has 94 valence electrons. The standard InChI is InChI=1S/C11H13BrFNO3/c1-14-5-7(15)9-10(13)6(12)4-8-11(9)17-3-2-16-8/h4,7,14-15H,2-3,5H2,1H3. The van der Waals surface area contributed by atoms with Crippen molar-refractivity contribution in [1.29, 1.82) is 0 Å². The van der Waals surface area contributed by atoms with Crippen LogP contribution < -0.4 is 14.8 Å². The van der Waals surface area contributed by atoms with Gasteiger partial charge in [-0.15, -0.1) is 0 Å². The summed E-state index contributed by atoms with van der Waals surface area (Å²) in [5.41, 5.74) is 0.128. The second kappa shape index (κ2) is 5.20. The van der Waals surface area contributed by atoms with Crippen LogP contribution in [-0.2, 0) is 0 Å². The first-order valence-corrected chi connectivity index (χ1v) is 6.04. The topological polar surface area (TPSA) is 50.7 Å². The number of likely N-dealkylation sites (N-methyl/N-ethyl adjacent to an activating group) is 1.